The second-order valence-electron chi connectivity index (χ2n) is 5.50. The molecule has 0 spiro atoms. The fourth-order valence-electron chi connectivity index (χ4n) is 2.43. The Kier molecular flexibility index (Phi) is 4.47. The molecule has 0 aliphatic carbocycles. The number of morpholine rings is 1. The molecule has 0 bridgehead atoms. The van der Waals surface area contributed by atoms with Crippen LogP contribution in [0.5, 0.6) is 0 Å². The van der Waals surface area contributed by atoms with Crippen LogP contribution in [0.4, 0.5) is 0 Å². The molecule has 1 fully saturated rings. The van der Waals surface area contributed by atoms with Crippen LogP contribution in [0.1, 0.15) is 24.3 Å². The van der Waals surface area contributed by atoms with Crippen molar-refractivity contribution in [3.63, 3.8) is 0 Å². The largest absolute Gasteiger partial charge is 0.375 e. The predicted octanol–water partition coefficient (Wildman–Crippen LogP) is 3.71. The van der Waals surface area contributed by atoms with E-state index in [1.54, 1.807) is 0 Å². The van der Waals surface area contributed by atoms with E-state index in [1.165, 1.54) is 11.3 Å². The lowest BCUT2D eigenvalue weighted by Crippen LogP contribution is -2.50. The number of carbonyl (C=O) groups excluding carboxylic acids is 1. The lowest BCUT2D eigenvalue weighted by atomic mass is 10.2. The topological polar surface area (TPSA) is 42.4 Å². The first-order chi connectivity index (χ1) is 10.5. The maximum absolute atomic E-state index is 12.6. The summed E-state index contributed by atoms with van der Waals surface area (Å²) in [5.74, 6) is -0.0286. The summed E-state index contributed by atoms with van der Waals surface area (Å²) < 4.78 is 5.57. The van der Waals surface area contributed by atoms with Gasteiger partial charge in [0.25, 0.3) is 5.91 Å². The highest BCUT2D eigenvalue weighted by Crippen LogP contribution is 2.26. The fraction of sp³-hybridized carbons (Fsp3) is 0.375. The number of rotatable bonds is 2. The standard InChI is InChI=1S/C16H17ClN2O2S/c1-10-8-21-11(2)7-19(10)16(20)14-9-22-15(18-14)12-3-5-13(17)6-4-12/h3-6,9-11H,7-8H2,1-2H3/t10-,11-/m1/s1. The molecule has 1 aromatic carbocycles. The van der Waals surface area contributed by atoms with Gasteiger partial charge in [-0.1, -0.05) is 23.7 Å². The quantitative estimate of drug-likeness (QED) is 0.839. The Balaban J connectivity index is 1.81. The maximum atomic E-state index is 12.6. The highest BCUT2D eigenvalue weighted by molar-refractivity contribution is 7.13. The summed E-state index contributed by atoms with van der Waals surface area (Å²) in [6.07, 6.45) is 0.0644. The average Bonchev–Trinajstić information content (AvgIpc) is 2.99. The normalized spacial score (nSPS) is 21.9. The van der Waals surface area contributed by atoms with E-state index < -0.39 is 0 Å². The van der Waals surface area contributed by atoms with E-state index in [4.69, 9.17) is 16.3 Å². The van der Waals surface area contributed by atoms with Gasteiger partial charge in [0.15, 0.2) is 0 Å². The van der Waals surface area contributed by atoms with E-state index in [9.17, 15) is 4.79 Å². The van der Waals surface area contributed by atoms with Crippen LogP contribution < -0.4 is 0 Å². The van der Waals surface area contributed by atoms with Crippen molar-refractivity contribution in [1.82, 2.24) is 9.88 Å². The molecule has 0 N–H and O–H groups in total. The number of hydrogen-bond donors (Lipinski definition) is 0. The molecule has 3 rings (SSSR count). The number of ether oxygens (including phenoxy) is 1. The van der Waals surface area contributed by atoms with E-state index >= 15 is 0 Å². The summed E-state index contributed by atoms with van der Waals surface area (Å²) in [5.41, 5.74) is 1.47. The van der Waals surface area contributed by atoms with Crippen LogP contribution in [0, 0.1) is 0 Å². The van der Waals surface area contributed by atoms with Gasteiger partial charge in [-0.15, -0.1) is 11.3 Å². The first-order valence-corrected chi connectivity index (χ1v) is 8.44. The Morgan fingerprint density at radius 1 is 1.36 bits per heavy atom. The number of benzene rings is 1. The van der Waals surface area contributed by atoms with Crippen molar-refractivity contribution in [3.05, 3.63) is 40.4 Å². The van der Waals surface area contributed by atoms with Crippen molar-refractivity contribution >= 4 is 28.8 Å². The lowest BCUT2D eigenvalue weighted by molar-refractivity contribution is -0.0388. The van der Waals surface area contributed by atoms with Gasteiger partial charge in [0.1, 0.15) is 10.7 Å². The molecule has 1 aliphatic heterocycles. The molecule has 2 atom stereocenters. The third-order valence-corrected chi connectivity index (χ3v) is 4.83. The van der Waals surface area contributed by atoms with Gasteiger partial charge in [-0.2, -0.15) is 0 Å². The third-order valence-electron chi connectivity index (χ3n) is 3.68. The van der Waals surface area contributed by atoms with Gasteiger partial charge in [-0.05, 0) is 26.0 Å². The minimum absolute atomic E-state index is 0.0286. The second-order valence-corrected chi connectivity index (χ2v) is 6.79. The summed E-state index contributed by atoms with van der Waals surface area (Å²) in [6, 6.07) is 7.55. The van der Waals surface area contributed by atoms with Gasteiger partial charge < -0.3 is 9.64 Å². The number of carbonyl (C=O) groups is 1. The van der Waals surface area contributed by atoms with Crippen LogP contribution in [0.25, 0.3) is 10.6 Å². The Bertz CT molecular complexity index is 671. The van der Waals surface area contributed by atoms with E-state index in [-0.39, 0.29) is 18.1 Å². The highest BCUT2D eigenvalue weighted by atomic mass is 35.5. The smallest absolute Gasteiger partial charge is 0.273 e. The van der Waals surface area contributed by atoms with Gasteiger partial charge in [-0.3, -0.25) is 4.79 Å². The summed E-state index contributed by atoms with van der Waals surface area (Å²) >= 11 is 7.37. The molecule has 6 heteroatoms. The van der Waals surface area contributed by atoms with Crippen molar-refractivity contribution < 1.29 is 9.53 Å². The van der Waals surface area contributed by atoms with Crippen LogP contribution >= 0.6 is 22.9 Å². The first kappa shape index (κ1) is 15.5. The van der Waals surface area contributed by atoms with Crippen molar-refractivity contribution in [2.75, 3.05) is 13.2 Å². The van der Waals surface area contributed by atoms with Gasteiger partial charge in [0.2, 0.25) is 0 Å². The van der Waals surface area contributed by atoms with E-state index in [0.29, 0.717) is 23.9 Å². The number of aromatic nitrogens is 1. The van der Waals surface area contributed by atoms with Crippen LogP contribution in [0.15, 0.2) is 29.6 Å². The summed E-state index contributed by atoms with van der Waals surface area (Å²) in [7, 11) is 0. The molecule has 0 unspecified atom stereocenters. The van der Waals surface area contributed by atoms with E-state index in [1.807, 2.05) is 48.4 Å². The van der Waals surface area contributed by atoms with Crippen molar-refractivity contribution in [1.29, 1.82) is 0 Å². The highest BCUT2D eigenvalue weighted by Gasteiger charge is 2.29. The average molecular weight is 337 g/mol. The number of hydrogen-bond acceptors (Lipinski definition) is 4. The summed E-state index contributed by atoms with van der Waals surface area (Å²) in [4.78, 5) is 19.0. The summed E-state index contributed by atoms with van der Waals surface area (Å²) in [5, 5.41) is 3.33. The number of thiazole rings is 1. The fourth-order valence-corrected chi connectivity index (χ4v) is 3.36. The molecule has 116 valence electrons. The molecule has 1 aromatic heterocycles. The zero-order valence-electron chi connectivity index (χ0n) is 12.5. The molecule has 22 heavy (non-hydrogen) atoms. The molecule has 2 aromatic rings. The molecule has 2 heterocycles. The molecule has 1 amide bonds. The molecule has 0 saturated carbocycles. The minimum Gasteiger partial charge on any atom is -0.375 e. The van der Waals surface area contributed by atoms with Crippen molar-refractivity contribution in [2.24, 2.45) is 0 Å². The zero-order valence-corrected chi connectivity index (χ0v) is 14.0. The Morgan fingerprint density at radius 2 is 2.09 bits per heavy atom. The molecule has 4 nitrogen and oxygen atoms in total. The molecule has 1 aliphatic rings. The molecule has 0 radical (unpaired) electrons. The predicted molar refractivity (Wildman–Crippen MR) is 88.5 cm³/mol. The van der Waals surface area contributed by atoms with Crippen LogP contribution in [0.3, 0.4) is 0 Å². The SMILES string of the molecule is C[C@@H]1CN(C(=O)c2csc(-c3ccc(Cl)cc3)n2)[C@H](C)CO1. The van der Waals surface area contributed by atoms with E-state index in [0.717, 1.165) is 10.6 Å². The maximum Gasteiger partial charge on any atom is 0.273 e. The van der Waals surface area contributed by atoms with Crippen molar-refractivity contribution in [2.45, 2.75) is 26.0 Å². The van der Waals surface area contributed by atoms with E-state index in [2.05, 4.69) is 4.98 Å². The summed E-state index contributed by atoms with van der Waals surface area (Å²) in [6.45, 7) is 5.15. The molecule has 1 saturated heterocycles. The third kappa shape index (κ3) is 3.16. The monoisotopic (exact) mass is 336 g/mol. The molecular weight excluding hydrogens is 320 g/mol. The van der Waals surface area contributed by atoms with Gasteiger partial charge >= 0.3 is 0 Å². The lowest BCUT2D eigenvalue weighted by Gasteiger charge is -2.36. The second kappa shape index (κ2) is 6.36. The van der Waals surface area contributed by atoms with Gasteiger partial charge in [0.05, 0.1) is 18.8 Å². The Hall–Kier alpha value is -1.43. The van der Waals surface area contributed by atoms with Gasteiger partial charge in [-0.25, -0.2) is 4.98 Å². The number of nitrogens with zero attached hydrogens (tertiary/aromatic N) is 2. The van der Waals surface area contributed by atoms with Crippen molar-refractivity contribution in [3.8, 4) is 10.6 Å². The Morgan fingerprint density at radius 3 is 2.82 bits per heavy atom. The van der Waals surface area contributed by atoms with Crippen LogP contribution in [-0.4, -0.2) is 41.1 Å². The number of halogens is 1. The van der Waals surface area contributed by atoms with Crippen LogP contribution in [-0.2, 0) is 4.74 Å². The zero-order chi connectivity index (χ0) is 15.7. The van der Waals surface area contributed by atoms with Crippen LogP contribution in [0.2, 0.25) is 5.02 Å². The Labute approximate surface area is 138 Å². The first-order valence-electron chi connectivity index (χ1n) is 7.18. The number of amides is 1. The molecular formula is C16H17ClN2O2S. The minimum atomic E-state index is -0.0286. The van der Waals surface area contributed by atoms with Gasteiger partial charge in [0, 0.05) is 22.5 Å².